The summed E-state index contributed by atoms with van der Waals surface area (Å²) < 4.78 is 4.94. The molecule has 7 nitrogen and oxygen atoms in total. The topological polar surface area (TPSA) is 82.7 Å². The Labute approximate surface area is 206 Å². The Morgan fingerprint density at radius 3 is 2.09 bits per heavy atom. The Bertz CT molecular complexity index is 1220. The van der Waals surface area contributed by atoms with E-state index in [4.69, 9.17) is 4.74 Å². The third-order valence-electron chi connectivity index (χ3n) is 6.02. The number of H-pyrrole nitrogens is 1. The van der Waals surface area contributed by atoms with E-state index < -0.39 is 5.97 Å². The molecule has 0 radical (unpaired) electrons. The van der Waals surface area contributed by atoms with Crippen LogP contribution in [0.25, 0.3) is 16.6 Å². The van der Waals surface area contributed by atoms with Crippen molar-refractivity contribution in [1.29, 1.82) is 0 Å². The number of Topliss-reactive ketones (excluding diaryl/α,β-unsaturated/α-hetero) is 1. The molecular weight excluding hydrogens is 442 g/mol. The molecule has 1 saturated heterocycles. The fourth-order valence-electron chi connectivity index (χ4n) is 4.30. The van der Waals surface area contributed by atoms with Gasteiger partial charge in [0.15, 0.2) is 5.78 Å². The molecule has 7 heteroatoms. The van der Waals surface area contributed by atoms with Crippen molar-refractivity contribution in [2.45, 2.75) is 27.7 Å². The van der Waals surface area contributed by atoms with Gasteiger partial charge in [0.05, 0.1) is 12.8 Å². The first kappa shape index (κ1) is 25.7. The maximum atomic E-state index is 13.1. The van der Waals surface area contributed by atoms with E-state index in [9.17, 15) is 14.4 Å². The number of fused-ring (bicyclic) bond motifs is 1. The number of hydrogen-bond acceptors (Lipinski definition) is 5. The highest BCUT2D eigenvalue weighted by atomic mass is 16.5. The summed E-state index contributed by atoms with van der Waals surface area (Å²) in [6, 6.07) is 17.3. The number of carbonyl (C=O) groups is 3. The molecule has 2 heterocycles. The molecule has 0 unspecified atom stereocenters. The van der Waals surface area contributed by atoms with Gasteiger partial charge in [-0.1, -0.05) is 56.3 Å². The smallest absolute Gasteiger partial charge is 0.343 e. The fourth-order valence-corrected chi connectivity index (χ4v) is 4.30. The largest absolute Gasteiger partial charge is 0.465 e. The molecule has 2 aromatic carbocycles. The monoisotopic (exact) mass is 475 g/mol. The number of para-hydroxylation sites is 1. The van der Waals surface area contributed by atoms with Gasteiger partial charge in [-0.2, -0.15) is 0 Å². The number of aryl methyl sites for hydroxylation is 1. The molecule has 184 valence electrons. The number of rotatable bonds is 5. The van der Waals surface area contributed by atoms with Crippen molar-refractivity contribution in [1.82, 2.24) is 14.8 Å². The minimum absolute atomic E-state index is 0.0298. The molecule has 0 bridgehead atoms. The van der Waals surface area contributed by atoms with Crippen LogP contribution in [0.2, 0.25) is 0 Å². The average Bonchev–Trinajstić information content (AvgIpc) is 3.32. The van der Waals surface area contributed by atoms with Crippen LogP contribution in [-0.2, 0) is 14.3 Å². The Balaban J connectivity index is 0.00000167. The number of nitrogens with one attached hydrogen (secondary N) is 1. The van der Waals surface area contributed by atoms with Crippen molar-refractivity contribution in [3.63, 3.8) is 0 Å². The molecule has 3 aromatic rings. The van der Waals surface area contributed by atoms with Crippen molar-refractivity contribution in [3.05, 3.63) is 77.0 Å². The summed E-state index contributed by atoms with van der Waals surface area (Å²) in [7, 11) is 1.28. The number of ketones is 1. The molecule has 4 rings (SSSR count). The number of aromatic amines is 1. The first-order chi connectivity index (χ1) is 16.9. The summed E-state index contributed by atoms with van der Waals surface area (Å²) in [4.78, 5) is 45.2. The number of methoxy groups -OCH3 is 1. The van der Waals surface area contributed by atoms with Crippen LogP contribution in [0.1, 0.15) is 42.4 Å². The second kappa shape index (κ2) is 11.5. The van der Waals surface area contributed by atoms with Gasteiger partial charge in [-0.15, -0.1) is 0 Å². The van der Waals surface area contributed by atoms with Gasteiger partial charge in [-0.05, 0) is 31.5 Å². The van der Waals surface area contributed by atoms with Crippen LogP contribution in [-0.4, -0.2) is 65.7 Å². The van der Waals surface area contributed by atoms with E-state index in [-0.39, 0.29) is 17.3 Å². The average molecular weight is 476 g/mol. The van der Waals surface area contributed by atoms with Gasteiger partial charge in [0.25, 0.3) is 5.91 Å². The summed E-state index contributed by atoms with van der Waals surface area (Å²) in [5.74, 6) is -1.07. The number of aromatic nitrogens is 1. The van der Waals surface area contributed by atoms with E-state index in [1.807, 2.05) is 80.3 Å². The predicted molar refractivity (Wildman–Crippen MR) is 138 cm³/mol. The maximum Gasteiger partial charge on any atom is 0.343 e. The van der Waals surface area contributed by atoms with Crippen LogP contribution < -0.4 is 0 Å². The zero-order chi connectivity index (χ0) is 25.5. The summed E-state index contributed by atoms with van der Waals surface area (Å²) in [5.41, 5.74) is 3.83. The van der Waals surface area contributed by atoms with Gasteiger partial charge in [0.2, 0.25) is 0 Å². The molecular formula is C28H33N3O4. The van der Waals surface area contributed by atoms with Crippen LogP contribution in [0.3, 0.4) is 0 Å². The lowest BCUT2D eigenvalue weighted by molar-refractivity contribution is -0.137. The van der Waals surface area contributed by atoms with Crippen molar-refractivity contribution < 1.29 is 19.1 Å². The number of ether oxygens (including phenoxy) is 1. The van der Waals surface area contributed by atoms with Gasteiger partial charge < -0.3 is 19.5 Å². The summed E-state index contributed by atoms with van der Waals surface area (Å²) in [6.07, 6.45) is 0. The summed E-state index contributed by atoms with van der Waals surface area (Å²) >= 11 is 0. The zero-order valence-corrected chi connectivity index (χ0v) is 21.1. The first-order valence-corrected chi connectivity index (χ1v) is 11.9. The lowest BCUT2D eigenvalue weighted by atomic mass is 9.97. The second-order valence-corrected chi connectivity index (χ2v) is 8.14. The van der Waals surface area contributed by atoms with Gasteiger partial charge in [0.1, 0.15) is 11.3 Å². The van der Waals surface area contributed by atoms with E-state index in [1.54, 1.807) is 4.90 Å². The van der Waals surface area contributed by atoms with Crippen molar-refractivity contribution in [2.75, 3.05) is 33.3 Å². The second-order valence-electron chi connectivity index (χ2n) is 8.14. The minimum Gasteiger partial charge on any atom is -0.465 e. The number of hydrogen-bond donors (Lipinski definition) is 1. The lowest BCUT2D eigenvalue weighted by Gasteiger charge is -2.38. The number of carbonyl (C=O) groups excluding carboxylic acids is 3. The van der Waals surface area contributed by atoms with Gasteiger partial charge in [0, 0.05) is 42.6 Å². The molecule has 1 amide bonds. The standard InChI is InChI=1S/C26H27N3O4.C2H6/c1-17-8-4-6-10-20(17)24(23(18(2)30)26(32)33-3)28-12-14-29(15-13-28)25(31)22-16-19-9-5-7-11-21(19)27-22;1-2/h4-11,16,27H,12-15H2,1-3H3;1-2H3/b24-23-;. The molecule has 1 aliphatic heterocycles. The summed E-state index contributed by atoms with van der Waals surface area (Å²) in [5, 5.41) is 0.994. The van der Waals surface area contributed by atoms with E-state index in [1.165, 1.54) is 14.0 Å². The number of benzene rings is 2. The van der Waals surface area contributed by atoms with Crippen LogP contribution in [0.4, 0.5) is 0 Å². The van der Waals surface area contributed by atoms with Crippen molar-refractivity contribution in [3.8, 4) is 0 Å². The first-order valence-electron chi connectivity index (χ1n) is 11.9. The highest BCUT2D eigenvalue weighted by Crippen LogP contribution is 2.29. The molecule has 1 N–H and O–H groups in total. The van der Waals surface area contributed by atoms with Gasteiger partial charge in [-0.3, -0.25) is 9.59 Å². The fraction of sp³-hybridized carbons (Fsp3) is 0.321. The van der Waals surface area contributed by atoms with Crippen molar-refractivity contribution in [2.24, 2.45) is 0 Å². The van der Waals surface area contributed by atoms with Gasteiger partial charge in [-0.25, -0.2) is 4.79 Å². The molecule has 0 spiro atoms. The van der Waals surface area contributed by atoms with E-state index in [0.29, 0.717) is 37.6 Å². The molecule has 0 saturated carbocycles. The predicted octanol–water partition coefficient (Wildman–Crippen LogP) is 4.43. The van der Waals surface area contributed by atoms with E-state index in [2.05, 4.69) is 4.98 Å². The Hall–Kier alpha value is -3.87. The minimum atomic E-state index is -0.655. The molecule has 1 aliphatic rings. The molecule has 0 aliphatic carbocycles. The number of piperazine rings is 1. The zero-order valence-electron chi connectivity index (χ0n) is 21.1. The maximum absolute atomic E-state index is 13.1. The van der Waals surface area contributed by atoms with Crippen molar-refractivity contribution >= 4 is 34.3 Å². The molecule has 35 heavy (non-hydrogen) atoms. The highest BCUT2D eigenvalue weighted by molar-refractivity contribution is 6.21. The number of esters is 1. The molecule has 1 fully saturated rings. The SMILES string of the molecule is CC.COC(=O)/C(C(C)=O)=C(/c1ccccc1C)N1CCN(C(=O)c2cc3ccccc3[nH]2)CC1. The van der Waals surface area contributed by atoms with Gasteiger partial charge >= 0.3 is 5.97 Å². The third kappa shape index (κ3) is 5.45. The Morgan fingerprint density at radius 2 is 1.49 bits per heavy atom. The Kier molecular flexibility index (Phi) is 8.47. The normalized spacial score (nSPS) is 14.1. The summed E-state index contributed by atoms with van der Waals surface area (Å²) in [6.45, 7) is 9.24. The van der Waals surface area contributed by atoms with Crippen LogP contribution in [0.5, 0.6) is 0 Å². The van der Waals surface area contributed by atoms with Crippen LogP contribution in [0.15, 0.2) is 60.2 Å². The third-order valence-corrected chi connectivity index (χ3v) is 6.02. The number of nitrogens with zero attached hydrogens (tertiary/aromatic N) is 2. The number of amides is 1. The van der Waals surface area contributed by atoms with Crippen LogP contribution >= 0.6 is 0 Å². The Morgan fingerprint density at radius 1 is 0.886 bits per heavy atom. The highest BCUT2D eigenvalue weighted by Gasteiger charge is 2.30. The van der Waals surface area contributed by atoms with E-state index in [0.717, 1.165) is 22.0 Å². The van der Waals surface area contributed by atoms with E-state index >= 15 is 0 Å². The van der Waals surface area contributed by atoms with Crippen LogP contribution in [0, 0.1) is 6.92 Å². The lowest BCUT2D eigenvalue weighted by Crippen LogP contribution is -2.48. The quantitative estimate of drug-likeness (QED) is 0.255. The molecule has 0 atom stereocenters. The molecule has 1 aromatic heterocycles.